The van der Waals surface area contributed by atoms with Crippen molar-refractivity contribution >= 4 is 11.8 Å². The number of carbonyl (C=O) groups is 2. The van der Waals surface area contributed by atoms with Crippen molar-refractivity contribution in [3.63, 3.8) is 0 Å². The van der Waals surface area contributed by atoms with Gasteiger partial charge in [-0.1, -0.05) is 60.5 Å². The third-order valence-electron chi connectivity index (χ3n) is 4.98. The molecule has 4 heteroatoms. The van der Waals surface area contributed by atoms with Crippen LogP contribution in [0.5, 0.6) is 0 Å². The van der Waals surface area contributed by atoms with Crippen LogP contribution in [0.25, 0.3) is 0 Å². The van der Waals surface area contributed by atoms with Gasteiger partial charge in [0.1, 0.15) is 6.04 Å². The monoisotopic (exact) mass is 380 g/mol. The number of rotatable bonds is 8. The van der Waals surface area contributed by atoms with E-state index in [4.69, 9.17) is 0 Å². The zero-order valence-corrected chi connectivity index (χ0v) is 17.7. The fraction of sp³-hybridized carbons (Fsp3) is 0.417. The molecule has 0 aliphatic carbocycles. The standard InChI is InChI=1S/C24H32N2O2/c1-6-22(24(28)25-7-2)26(16-21-11-9-8-10-19(21)5)23(27)15-20-13-17(3)12-18(4)14-20/h8-14,22H,6-7,15-16H2,1-5H3,(H,25,28). The van der Waals surface area contributed by atoms with Crippen molar-refractivity contribution < 1.29 is 9.59 Å². The Hall–Kier alpha value is -2.62. The summed E-state index contributed by atoms with van der Waals surface area (Å²) in [5.41, 5.74) is 5.47. The van der Waals surface area contributed by atoms with Crippen molar-refractivity contribution in [1.29, 1.82) is 0 Å². The summed E-state index contributed by atoms with van der Waals surface area (Å²) in [7, 11) is 0. The average molecular weight is 381 g/mol. The van der Waals surface area contributed by atoms with Gasteiger partial charge in [-0.2, -0.15) is 0 Å². The van der Waals surface area contributed by atoms with Gasteiger partial charge in [0, 0.05) is 13.1 Å². The van der Waals surface area contributed by atoms with Crippen molar-refractivity contribution in [2.24, 2.45) is 0 Å². The first-order chi connectivity index (χ1) is 13.3. The van der Waals surface area contributed by atoms with E-state index >= 15 is 0 Å². The van der Waals surface area contributed by atoms with Crippen LogP contribution in [0.15, 0.2) is 42.5 Å². The minimum Gasteiger partial charge on any atom is -0.355 e. The fourth-order valence-electron chi connectivity index (χ4n) is 3.63. The number of hydrogen-bond donors (Lipinski definition) is 1. The van der Waals surface area contributed by atoms with Crippen LogP contribution in [0.1, 0.15) is 48.1 Å². The highest BCUT2D eigenvalue weighted by atomic mass is 16.2. The molecular weight excluding hydrogens is 348 g/mol. The lowest BCUT2D eigenvalue weighted by atomic mass is 10.0. The predicted molar refractivity (Wildman–Crippen MR) is 114 cm³/mol. The van der Waals surface area contributed by atoms with Gasteiger partial charge in [-0.15, -0.1) is 0 Å². The van der Waals surface area contributed by atoms with Crippen molar-refractivity contribution in [3.05, 3.63) is 70.3 Å². The van der Waals surface area contributed by atoms with Crippen LogP contribution in [0, 0.1) is 20.8 Å². The van der Waals surface area contributed by atoms with Crippen molar-refractivity contribution in [2.75, 3.05) is 6.54 Å². The van der Waals surface area contributed by atoms with Crippen LogP contribution in [0.2, 0.25) is 0 Å². The Morgan fingerprint density at radius 1 is 1.00 bits per heavy atom. The number of nitrogens with one attached hydrogen (secondary N) is 1. The fourth-order valence-corrected chi connectivity index (χ4v) is 3.63. The van der Waals surface area contributed by atoms with E-state index in [0.29, 0.717) is 25.9 Å². The molecule has 0 bridgehead atoms. The summed E-state index contributed by atoms with van der Waals surface area (Å²) in [5, 5.41) is 2.88. The molecule has 0 heterocycles. The van der Waals surface area contributed by atoms with Crippen molar-refractivity contribution in [3.8, 4) is 0 Å². The van der Waals surface area contributed by atoms with Gasteiger partial charge in [-0.05, 0) is 50.8 Å². The van der Waals surface area contributed by atoms with Gasteiger partial charge in [0.05, 0.1) is 6.42 Å². The number of aryl methyl sites for hydroxylation is 3. The summed E-state index contributed by atoms with van der Waals surface area (Å²) >= 11 is 0. The van der Waals surface area contributed by atoms with Gasteiger partial charge in [-0.3, -0.25) is 9.59 Å². The summed E-state index contributed by atoms with van der Waals surface area (Å²) < 4.78 is 0. The van der Waals surface area contributed by atoms with E-state index in [0.717, 1.165) is 27.8 Å². The number of carbonyl (C=O) groups excluding carboxylic acids is 2. The molecule has 0 radical (unpaired) electrons. The molecule has 2 aromatic rings. The van der Waals surface area contributed by atoms with Crippen LogP contribution < -0.4 is 5.32 Å². The highest BCUT2D eigenvalue weighted by Gasteiger charge is 2.28. The van der Waals surface area contributed by atoms with E-state index in [1.54, 1.807) is 4.90 Å². The van der Waals surface area contributed by atoms with Crippen molar-refractivity contribution in [2.45, 2.75) is 60.0 Å². The zero-order chi connectivity index (χ0) is 20.7. The lowest BCUT2D eigenvalue weighted by molar-refractivity contribution is -0.140. The largest absolute Gasteiger partial charge is 0.355 e. The Balaban J connectivity index is 2.33. The molecule has 0 aromatic heterocycles. The topological polar surface area (TPSA) is 49.4 Å². The van der Waals surface area contributed by atoms with E-state index in [1.807, 2.05) is 71.0 Å². The molecule has 0 aliphatic rings. The van der Waals surface area contributed by atoms with Gasteiger partial charge >= 0.3 is 0 Å². The van der Waals surface area contributed by atoms with Crippen LogP contribution in [-0.2, 0) is 22.6 Å². The maximum absolute atomic E-state index is 13.3. The molecule has 2 rings (SSSR count). The van der Waals surface area contributed by atoms with E-state index < -0.39 is 6.04 Å². The molecule has 0 fully saturated rings. The molecule has 1 unspecified atom stereocenters. The highest BCUT2D eigenvalue weighted by molar-refractivity contribution is 5.88. The first kappa shape index (κ1) is 21.7. The van der Waals surface area contributed by atoms with Crippen LogP contribution >= 0.6 is 0 Å². The number of likely N-dealkylation sites (N-methyl/N-ethyl adjacent to an activating group) is 1. The normalized spacial score (nSPS) is 11.8. The zero-order valence-electron chi connectivity index (χ0n) is 17.7. The summed E-state index contributed by atoms with van der Waals surface area (Å²) in [6, 6.07) is 13.7. The minimum atomic E-state index is -0.474. The summed E-state index contributed by atoms with van der Waals surface area (Å²) in [6.07, 6.45) is 0.876. The second-order valence-electron chi connectivity index (χ2n) is 7.44. The second kappa shape index (κ2) is 10.1. The average Bonchev–Trinajstić information content (AvgIpc) is 2.62. The quantitative estimate of drug-likeness (QED) is 0.750. The Bertz CT molecular complexity index is 809. The van der Waals surface area contributed by atoms with E-state index in [2.05, 4.69) is 11.4 Å². The maximum Gasteiger partial charge on any atom is 0.242 e. The summed E-state index contributed by atoms with van der Waals surface area (Å²) in [5.74, 6) is -0.112. The lowest BCUT2D eigenvalue weighted by Gasteiger charge is -2.31. The van der Waals surface area contributed by atoms with Gasteiger partial charge in [-0.25, -0.2) is 0 Å². The Labute approximate surface area is 169 Å². The number of amides is 2. The molecule has 0 saturated carbocycles. The van der Waals surface area contributed by atoms with Gasteiger partial charge in [0.2, 0.25) is 11.8 Å². The first-order valence-corrected chi connectivity index (χ1v) is 10.0. The van der Waals surface area contributed by atoms with Gasteiger partial charge in [0.15, 0.2) is 0 Å². The number of nitrogens with zero attached hydrogens (tertiary/aromatic N) is 1. The molecule has 28 heavy (non-hydrogen) atoms. The highest BCUT2D eigenvalue weighted by Crippen LogP contribution is 2.18. The van der Waals surface area contributed by atoms with Crippen LogP contribution in [0.4, 0.5) is 0 Å². The molecule has 150 valence electrons. The molecule has 0 spiro atoms. The summed E-state index contributed by atoms with van der Waals surface area (Å²) in [4.78, 5) is 27.7. The van der Waals surface area contributed by atoms with Crippen LogP contribution in [0.3, 0.4) is 0 Å². The maximum atomic E-state index is 13.3. The van der Waals surface area contributed by atoms with Gasteiger partial charge < -0.3 is 10.2 Å². The van der Waals surface area contributed by atoms with E-state index in [1.165, 1.54) is 0 Å². The molecule has 1 N–H and O–H groups in total. The predicted octanol–water partition coefficient (Wildman–Crippen LogP) is 4.10. The molecule has 4 nitrogen and oxygen atoms in total. The third-order valence-corrected chi connectivity index (χ3v) is 4.98. The Kier molecular flexibility index (Phi) is 7.80. The lowest BCUT2D eigenvalue weighted by Crippen LogP contribution is -2.49. The molecule has 2 aromatic carbocycles. The van der Waals surface area contributed by atoms with Crippen molar-refractivity contribution in [1.82, 2.24) is 10.2 Å². The SMILES string of the molecule is CCNC(=O)C(CC)N(Cc1ccccc1C)C(=O)Cc1cc(C)cc(C)c1. The summed E-state index contributed by atoms with van der Waals surface area (Å²) in [6.45, 7) is 11.0. The van der Waals surface area contributed by atoms with Crippen LogP contribution in [-0.4, -0.2) is 29.3 Å². The molecule has 2 amide bonds. The minimum absolute atomic E-state index is 0.0219. The Morgan fingerprint density at radius 2 is 1.64 bits per heavy atom. The Morgan fingerprint density at radius 3 is 2.21 bits per heavy atom. The molecule has 1 atom stereocenters. The molecular formula is C24H32N2O2. The molecule has 0 aliphatic heterocycles. The van der Waals surface area contributed by atoms with E-state index in [9.17, 15) is 9.59 Å². The first-order valence-electron chi connectivity index (χ1n) is 10.0. The number of hydrogen-bond acceptors (Lipinski definition) is 2. The third kappa shape index (κ3) is 5.69. The van der Waals surface area contributed by atoms with E-state index in [-0.39, 0.29) is 11.8 Å². The smallest absolute Gasteiger partial charge is 0.242 e. The molecule has 0 saturated heterocycles. The second-order valence-corrected chi connectivity index (χ2v) is 7.44. The number of benzene rings is 2. The van der Waals surface area contributed by atoms with Gasteiger partial charge in [0.25, 0.3) is 0 Å².